The zero-order valence-electron chi connectivity index (χ0n) is 9.75. The summed E-state index contributed by atoms with van der Waals surface area (Å²) in [5, 5.41) is 10.3. The Morgan fingerprint density at radius 1 is 1.29 bits per heavy atom. The summed E-state index contributed by atoms with van der Waals surface area (Å²) >= 11 is 0. The van der Waals surface area contributed by atoms with E-state index in [-0.39, 0.29) is 0 Å². The molecule has 84 valence electrons. The standard InChI is InChI=1S/C12H24O2/c1-10-4-6-11(7-5-10)12(2,13)8-9-14-3/h10-11,13H,4-9H2,1-3H3. The molecule has 0 spiro atoms. The molecule has 0 radical (unpaired) electrons. The summed E-state index contributed by atoms with van der Waals surface area (Å²) in [6.07, 6.45) is 5.67. The van der Waals surface area contributed by atoms with Gasteiger partial charge in [-0.2, -0.15) is 0 Å². The smallest absolute Gasteiger partial charge is 0.0669 e. The van der Waals surface area contributed by atoms with E-state index in [0.29, 0.717) is 12.5 Å². The fourth-order valence-corrected chi connectivity index (χ4v) is 2.39. The lowest BCUT2D eigenvalue weighted by Gasteiger charge is -2.37. The maximum absolute atomic E-state index is 10.3. The zero-order valence-corrected chi connectivity index (χ0v) is 9.75. The van der Waals surface area contributed by atoms with Gasteiger partial charge in [0, 0.05) is 13.7 Å². The molecule has 1 unspecified atom stereocenters. The Labute approximate surface area is 87.7 Å². The average Bonchev–Trinajstić information content (AvgIpc) is 2.16. The van der Waals surface area contributed by atoms with Crippen LogP contribution in [0.15, 0.2) is 0 Å². The van der Waals surface area contributed by atoms with Crippen molar-refractivity contribution < 1.29 is 9.84 Å². The van der Waals surface area contributed by atoms with Crippen LogP contribution in [0.25, 0.3) is 0 Å². The van der Waals surface area contributed by atoms with Crippen molar-refractivity contribution in [3.63, 3.8) is 0 Å². The Balaban J connectivity index is 2.38. The lowest BCUT2D eigenvalue weighted by molar-refractivity contribution is -0.0424. The molecule has 0 amide bonds. The average molecular weight is 200 g/mol. The minimum atomic E-state index is -0.518. The van der Waals surface area contributed by atoms with Crippen molar-refractivity contribution in [2.75, 3.05) is 13.7 Å². The molecule has 1 fully saturated rings. The normalized spacial score (nSPS) is 32.6. The molecular weight excluding hydrogens is 176 g/mol. The Morgan fingerprint density at radius 2 is 1.86 bits per heavy atom. The molecule has 0 aliphatic heterocycles. The number of rotatable bonds is 4. The third kappa shape index (κ3) is 3.25. The minimum Gasteiger partial charge on any atom is -0.390 e. The summed E-state index contributed by atoms with van der Waals surface area (Å²) < 4.78 is 5.03. The highest BCUT2D eigenvalue weighted by Gasteiger charge is 2.33. The van der Waals surface area contributed by atoms with Crippen LogP contribution in [0.5, 0.6) is 0 Å². The lowest BCUT2D eigenvalue weighted by Crippen LogP contribution is -2.37. The Morgan fingerprint density at radius 3 is 2.36 bits per heavy atom. The van der Waals surface area contributed by atoms with E-state index in [4.69, 9.17) is 4.74 Å². The SMILES string of the molecule is COCCC(C)(O)C1CCC(C)CC1. The summed E-state index contributed by atoms with van der Waals surface area (Å²) in [6.45, 7) is 4.94. The second kappa shape index (κ2) is 5.13. The van der Waals surface area contributed by atoms with Crippen LogP contribution in [0, 0.1) is 11.8 Å². The fraction of sp³-hybridized carbons (Fsp3) is 1.00. The van der Waals surface area contributed by atoms with E-state index < -0.39 is 5.60 Å². The third-order valence-electron chi connectivity index (χ3n) is 3.71. The van der Waals surface area contributed by atoms with Crippen molar-refractivity contribution in [2.45, 2.75) is 51.6 Å². The van der Waals surface area contributed by atoms with Crippen LogP contribution in [-0.2, 0) is 4.74 Å². The second-order valence-electron chi connectivity index (χ2n) is 5.06. The first-order valence-electron chi connectivity index (χ1n) is 5.77. The number of aliphatic hydroxyl groups is 1. The maximum Gasteiger partial charge on any atom is 0.0669 e. The summed E-state index contributed by atoms with van der Waals surface area (Å²) in [6, 6.07) is 0. The highest BCUT2D eigenvalue weighted by molar-refractivity contribution is 4.85. The predicted molar refractivity (Wildman–Crippen MR) is 58.2 cm³/mol. The van der Waals surface area contributed by atoms with E-state index in [1.54, 1.807) is 7.11 Å². The Bertz CT molecular complexity index is 158. The van der Waals surface area contributed by atoms with Gasteiger partial charge in [-0.05, 0) is 38.0 Å². The largest absolute Gasteiger partial charge is 0.390 e. The van der Waals surface area contributed by atoms with Crippen molar-refractivity contribution in [2.24, 2.45) is 11.8 Å². The summed E-state index contributed by atoms with van der Waals surface area (Å²) in [5.74, 6) is 1.33. The fourth-order valence-electron chi connectivity index (χ4n) is 2.39. The number of hydrogen-bond acceptors (Lipinski definition) is 2. The van der Waals surface area contributed by atoms with Crippen molar-refractivity contribution in [1.82, 2.24) is 0 Å². The molecule has 0 aromatic rings. The van der Waals surface area contributed by atoms with Gasteiger partial charge in [0.05, 0.1) is 5.60 Å². The van der Waals surface area contributed by atoms with E-state index in [9.17, 15) is 5.11 Å². The molecule has 0 heterocycles. The lowest BCUT2D eigenvalue weighted by atomic mass is 9.73. The van der Waals surface area contributed by atoms with Crippen molar-refractivity contribution in [3.05, 3.63) is 0 Å². The second-order valence-corrected chi connectivity index (χ2v) is 5.06. The summed E-state index contributed by atoms with van der Waals surface area (Å²) in [5.41, 5.74) is -0.518. The predicted octanol–water partition coefficient (Wildman–Crippen LogP) is 2.60. The van der Waals surface area contributed by atoms with Crippen LogP contribution >= 0.6 is 0 Å². The summed E-state index contributed by atoms with van der Waals surface area (Å²) in [7, 11) is 1.69. The highest BCUT2D eigenvalue weighted by Crippen LogP contribution is 2.36. The van der Waals surface area contributed by atoms with E-state index in [1.165, 1.54) is 25.7 Å². The van der Waals surface area contributed by atoms with E-state index in [1.807, 2.05) is 6.92 Å². The van der Waals surface area contributed by atoms with Gasteiger partial charge in [-0.15, -0.1) is 0 Å². The van der Waals surface area contributed by atoms with Crippen LogP contribution in [0.3, 0.4) is 0 Å². The van der Waals surface area contributed by atoms with Gasteiger partial charge in [0.15, 0.2) is 0 Å². The molecule has 1 saturated carbocycles. The first kappa shape index (κ1) is 12.0. The van der Waals surface area contributed by atoms with Gasteiger partial charge in [-0.3, -0.25) is 0 Å². The monoisotopic (exact) mass is 200 g/mol. The zero-order chi connectivity index (χ0) is 10.6. The molecule has 1 aliphatic rings. The molecule has 1 atom stereocenters. The van der Waals surface area contributed by atoms with Gasteiger partial charge >= 0.3 is 0 Å². The van der Waals surface area contributed by atoms with Gasteiger partial charge in [0.25, 0.3) is 0 Å². The van der Waals surface area contributed by atoms with Crippen molar-refractivity contribution in [3.8, 4) is 0 Å². The Kier molecular flexibility index (Phi) is 4.39. The third-order valence-corrected chi connectivity index (χ3v) is 3.71. The van der Waals surface area contributed by atoms with E-state index >= 15 is 0 Å². The number of ether oxygens (including phenoxy) is 1. The van der Waals surface area contributed by atoms with Gasteiger partial charge in [0.2, 0.25) is 0 Å². The summed E-state index contributed by atoms with van der Waals surface area (Å²) in [4.78, 5) is 0. The maximum atomic E-state index is 10.3. The van der Waals surface area contributed by atoms with Crippen LogP contribution in [0.1, 0.15) is 46.0 Å². The van der Waals surface area contributed by atoms with Crippen LogP contribution < -0.4 is 0 Å². The van der Waals surface area contributed by atoms with E-state index in [0.717, 1.165) is 12.3 Å². The minimum absolute atomic E-state index is 0.480. The molecule has 0 aromatic carbocycles. The molecule has 2 heteroatoms. The molecule has 0 saturated heterocycles. The molecule has 1 aliphatic carbocycles. The number of methoxy groups -OCH3 is 1. The van der Waals surface area contributed by atoms with E-state index in [2.05, 4.69) is 6.92 Å². The van der Waals surface area contributed by atoms with Crippen molar-refractivity contribution >= 4 is 0 Å². The molecule has 1 N–H and O–H groups in total. The van der Waals surface area contributed by atoms with Gasteiger partial charge in [-0.25, -0.2) is 0 Å². The van der Waals surface area contributed by atoms with Gasteiger partial charge in [-0.1, -0.05) is 19.8 Å². The first-order chi connectivity index (χ1) is 6.56. The van der Waals surface area contributed by atoms with Crippen molar-refractivity contribution in [1.29, 1.82) is 0 Å². The first-order valence-corrected chi connectivity index (χ1v) is 5.77. The molecule has 0 bridgehead atoms. The van der Waals surface area contributed by atoms with Gasteiger partial charge < -0.3 is 9.84 Å². The quantitative estimate of drug-likeness (QED) is 0.756. The number of hydrogen-bond donors (Lipinski definition) is 1. The molecule has 14 heavy (non-hydrogen) atoms. The molecule has 2 nitrogen and oxygen atoms in total. The van der Waals surface area contributed by atoms with Crippen LogP contribution in [-0.4, -0.2) is 24.4 Å². The topological polar surface area (TPSA) is 29.5 Å². The highest BCUT2D eigenvalue weighted by atomic mass is 16.5. The molecule has 0 aromatic heterocycles. The van der Waals surface area contributed by atoms with Gasteiger partial charge in [0.1, 0.15) is 0 Å². The molecule has 1 rings (SSSR count). The molecular formula is C12H24O2. The van der Waals surface area contributed by atoms with Crippen LogP contribution in [0.4, 0.5) is 0 Å². The Hall–Kier alpha value is -0.0800. The van der Waals surface area contributed by atoms with Crippen LogP contribution in [0.2, 0.25) is 0 Å².